The highest BCUT2D eigenvalue weighted by Gasteiger charge is 2.16. The molecule has 1 saturated carbocycles. The lowest BCUT2D eigenvalue weighted by molar-refractivity contribution is -0.122. The second-order valence-corrected chi connectivity index (χ2v) is 7.09. The van der Waals surface area contributed by atoms with Gasteiger partial charge in [0.15, 0.2) is 5.96 Å². The summed E-state index contributed by atoms with van der Waals surface area (Å²) in [5, 5.41) is 9.47. The molecule has 2 rings (SSSR count). The van der Waals surface area contributed by atoms with Crippen LogP contribution in [0.5, 0.6) is 11.5 Å². The lowest BCUT2D eigenvalue weighted by atomic mass is 9.87. The maximum Gasteiger partial charge on any atom is 0.220 e. The van der Waals surface area contributed by atoms with Gasteiger partial charge >= 0.3 is 0 Å². The molecule has 0 unspecified atom stereocenters. The number of amides is 1. The SMILES string of the molecule is CN=C(NCCNC(=O)CC1CCCCC1)NCc1ccc(OC)cc1OC.I. The predicted octanol–water partition coefficient (Wildman–Crippen LogP) is 3.07. The average Bonchev–Trinajstić information content (AvgIpc) is 2.73. The van der Waals surface area contributed by atoms with Crippen LogP contribution in [0.1, 0.15) is 44.1 Å². The monoisotopic (exact) mass is 518 g/mol. The summed E-state index contributed by atoms with van der Waals surface area (Å²) in [6.07, 6.45) is 6.88. The zero-order chi connectivity index (χ0) is 20.2. The number of benzene rings is 1. The van der Waals surface area contributed by atoms with Gasteiger partial charge in [-0.15, -0.1) is 24.0 Å². The smallest absolute Gasteiger partial charge is 0.220 e. The van der Waals surface area contributed by atoms with E-state index in [2.05, 4.69) is 20.9 Å². The minimum absolute atomic E-state index is 0. The van der Waals surface area contributed by atoms with E-state index in [1.54, 1.807) is 21.3 Å². The molecule has 7 nitrogen and oxygen atoms in total. The highest BCUT2D eigenvalue weighted by molar-refractivity contribution is 14.0. The van der Waals surface area contributed by atoms with Gasteiger partial charge in [0.05, 0.1) is 14.2 Å². The highest BCUT2D eigenvalue weighted by atomic mass is 127. The Morgan fingerprint density at radius 1 is 1.07 bits per heavy atom. The van der Waals surface area contributed by atoms with Crippen LogP contribution in [-0.4, -0.2) is 46.2 Å². The molecule has 29 heavy (non-hydrogen) atoms. The largest absolute Gasteiger partial charge is 0.497 e. The molecule has 0 aliphatic heterocycles. The molecular formula is C21H35IN4O3. The van der Waals surface area contributed by atoms with E-state index in [1.165, 1.54) is 32.1 Å². The first-order valence-electron chi connectivity index (χ1n) is 10.1. The van der Waals surface area contributed by atoms with E-state index in [0.717, 1.165) is 17.1 Å². The Balaban J connectivity index is 0.00000420. The highest BCUT2D eigenvalue weighted by Crippen LogP contribution is 2.26. The Hall–Kier alpha value is -1.71. The number of halogens is 1. The molecule has 8 heteroatoms. The number of ether oxygens (including phenoxy) is 2. The standard InChI is InChI=1S/C21H34N4O3.HI/c1-22-21(25-15-17-9-10-18(27-2)14-19(17)28-3)24-12-11-23-20(26)13-16-7-5-4-6-8-16;/h9-10,14,16H,4-8,11-13,15H2,1-3H3,(H,23,26)(H2,22,24,25);1H. The fourth-order valence-corrected chi connectivity index (χ4v) is 3.51. The Morgan fingerprint density at radius 2 is 1.79 bits per heavy atom. The molecule has 0 aromatic heterocycles. The van der Waals surface area contributed by atoms with Crippen molar-refractivity contribution in [1.82, 2.24) is 16.0 Å². The van der Waals surface area contributed by atoms with Crippen molar-refractivity contribution in [2.45, 2.75) is 45.1 Å². The minimum Gasteiger partial charge on any atom is -0.497 e. The molecule has 1 aliphatic carbocycles. The summed E-state index contributed by atoms with van der Waals surface area (Å²) in [5.41, 5.74) is 1.01. The lowest BCUT2D eigenvalue weighted by Crippen LogP contribution is -2.41. The normalized spacial score (nSPS) is 14.5. The maximum absolute atomic E-state index is 12.1. The van der Waals surface area contributed by atoms with E-state index in [1.807, 2.05) is 18.2 Å². The second kappa shape index (κ2) is 14.3. The first-order valence-corrected chi connectivity index (χ1v) is 10.1. The van der Waals surface area contributed by atoms with Crippen molar-refractivity contribution in [1.29, 1.82) is 0 Å². The molecule has 1 aromatic rings. The number of carbonyl (C=O) groups excluding carboxylic acids is 1. The van der Waals surface area contributed by atoms with E-state index >= 15 is 0 Å². The van der Waals surface area contributed by atoms with Crippen LogP contribution in [0.2, 0.25) is 0 Å². The fraction of sp³-hybridized carbons (Fsp3) is 0.619. The third-order valence-electron chi connectivity index (χ3n) is 5.10. The number of nitrogens with one attached hydrogen (secondary N) is 3. The molecule has 0 heterocycles. The number of carbonyl (C=O) groups is 1. The van der Waals surface area contributed by atoms with Gasteiger partial charge in [0.2, 0.25) is 5.91 Å². The Morgan fingerprint density at radius 3 is 2.45 bits per heavy atom. The molecule has 1 aliphatic rings. The van der Waals surface area contributed by atoms with Crippen LogP contribution in [0.4, 0.5) is 0 Å². The van der Waals surface area contributed by atoms with Crippen molar-refractivity contribution in [3.63, 3.8) is 0 Å². The minimum atomic E-state index is 0. The number of guanidine groups is 1. The first-order chi connectivity index (χ1) is 13.7. The number of hydrogen-bond acceptors (Lipinski definition) is 4. The van der Waals surface area contributed by atoms with Crippen molar-refractivity contribution < 1.29 is 14.3 Å². The van der Waals surface area contributed by atoms with Gasteiger partial charge in [-0.2, -0.15) is 0 Å². The third-order valence-corrected chi connectivity index (χ3v) is 5.10. The lowest BCUT2D eigenvalue weighted by Gasteiger charge is -2.21. The van der Waals surface area contributed by atoms with E-state index in [4.69, 9.17) is 9.47 Å². The van der Waals surface area contributed by atoms with Crippen molar-refractivity contribution >= 4 is 35.8 Å². The molecule has 0 atom stereocenters. The summed E-state index contributed by atoms with van der Waals surface area (Å²) in [5.74, 6) is 2.92. The van der Waals surface area contributed by atoms with Crippen molar-refractivity contribution in [3.05, 3.63) is 23.8 Å². The van der Waals surface area contributed by atoms with Crippen LogP contribution < -0.4 is 25.4 Å². The fourth-order valence-electron chi connectivity index (χ4n) is 3.51. The summed E-state index contributed by atoms with van der Waals surface area (Å²) in [6, 6.07) is 5.72. The molecule has 0 spiro atoms. The van der Waals surface area contributed by atoms with Gasteiger partial charge in [0.25, 0.3) is 0 Å². The van der Waals surface area contributed by atoms with Crippen molar-refractivity contribution in [2.24, 2.45) is 10.9 Å². The molecule has 3 N–H and O–H groups in total. The van der Waals surface area contributed by atoms with Crippen LogP contribution in [0.3, 0.4) is 0 Å². The second-order valence-electron chi connectivity index (χ2n) is 7.09. The van der Waals surface area contributed by atoms with Gasteiger partial charge in [-0.05, 0) is 30.9 Å². The van der Waals surface area contributed by atoms with Gasteiger partial charge < -0.3 is 25.4 Å². The summed E-state index contributed by atoms with van der Waals surface area (Å²) >= 11 is 0. The van der Waals surface area contributed by atoms with Gasteiger partial charge in [-0.25, -0.2) is 0 Å². The Bertz CT molecular complexity index is 649. The number of hydrogen-bond donors (Lipinski definition) is 3. The van der Waals surface area contributed by atoms with Gasteiger partial charge in [0.1, 0.15) is 11.5 Å². The first kappa shape index (κ1) is 25.3. The number of nitrogens with zero attached hydrogens (tertiary/aromatic N) is 1. The van der Waals surface area contributed by atoms with Gasteiger partial charge in [-0.3, -0.25) is 9.79 Å². The third kappa shape index (κ3) is 9.10. The summed E-state index contributed by atoms with van der Waals surface area (Å²) in [7, 11) is 5.00. The number of aliphatic imine (C=N–C) groups is 1. The van der Waals surface area contributed by atoms with Crippen molar-refractivity contribution in [2.75, 3.05) is 34.4 Å². The molecule has 0 radical (unpaired) electrons. The Labute approximate surface area is 191 Å². The summed E-state index contributed by atoms with van der Waals surface area (Å²) in [4.78, 5) is 16.3. The van der Waals surface area contributed by atoms with Crippen LogP contribution in [0, 0.1) is 5.92 Å². The zero-order valence-corrected chi connectivity index (χ0v) is 20.1. The molecule has 1 fully saturated rings. The van der Waals surface area contributed by atoms with E-state index < -0.39 is 0 Å². The Kier molecular flexibility index (Phi) is 12.5. The molecule has 1 aromatic carbocycles. The topological polar surface area (TPSA) is 84.0 Å². The van der Waals surface area contributed by atoms with Crippen LogP contribution in [0.25, 0.3) is 0 Å². The maximum atomic E-state index is 12.1. The van der Waals surface area contributed by atoms with E-state index in [0.29, 0.717) is 37.9 Å². The van der Waals surface area contributed by atoms with E-state index in [9.17, 15) is 4.79 Å². The summed E-state index contributed by atoms with van der Waals surface area (Å²) in [6.45, 7) is 1.77. The van der Waals surface area contributed by atoms with Crippen molar-refractivity contribution in [3.8, 4) is 11.5 Å². The molecule has 0 bridgehead atoms. The predicted molar refractivity (Wildman–Crippen MR) is 127 cm³/mol. The van der Waals surface area contributed by atoms with Gasteiger partial charge in [0, 0.05) is 44.7 Å². The van der Waals surface area contributed by atoms with E-state index in [-0.39, 0.29) is 29.9 Å². The van der Waals surface area contributed by atoms with Crippen LogP contribution >= 0.6 is 24.0 Å². The van der Waals surface area contributed by atoms with Crippen LogP contribution in [-0.2, 0) is 11.3 Å². The quantitative estimate of drug-likeness (QED) is 0.203. The number of methoxy groups -OCH3 is 2. The van der Waals surface area contributed by atoms with Gasteiger partial charge in [-0.1, -0.05) is 19.3 Å². The molecular weight excluding hydrogens is 483 g/mol. The van der Waals surface area contributed by atoms with Crippen LogP contribution in [0.15, 0.2) is 23.2 Å². The number of rotatable bonds is 9. The molecule has 0 saturated heterocycles. The zero-order valence-electron chi connectivity index (χ0n) is 17.8. The average molecular weight is 518 g/mol. The molecule has 164 valence electrons. The molecule has 1 amide bonds. The summed E-state index contributed by atoms with van der Waals surface area (Å²) < 4.78 is 10.6.